The normalized spacial score (nSPS) is 14.6. The summed E-state index contributed by atoms with van der Waals surface area (Å²) < 4.78 is 38.2. The van der Waals surface area contributed by atoms with E-state index in [1.807, 2.05) is 6.92 Å². The smallest absolute Gasteiger partial charge is 0.289 e. The van der Waals surface area contributed by atoms with Gasteiger partial charge in [-0.3, -0.25) is 9.59 Å². The highest BCUT2D eigenvalue weighted by molar-refractivity contribution is 7.89. The molecule has 0 aliphatic carbocycles. The third-order valence-electron chi connectivity index (χ3n) is 5.22. The van der Waals surface area contributed by atoms with Crippen molar-refractivity contribution in [2.24, 2.45) is 0 Å². The Morgan fingerprint density at radius 1 is 1.21 bits per heavy atom. The Kier molecular flexibility index (Phi) is 6.63. The number of thiophene rings is 1. The van der Waals surface area contributed by atoms with Crippen LogP contribution in [0.4, 0.5) is 0 Å². The molecule has 176 valence electrons. The van der Waals surface area contributed by atoms with Gasteiger partial charge < -0.3 is 18.7 Å². The van der Waals surface area contributed by atoms with Gasteiger partial charge >= 0.3 is 0 Å². The number of aryl methyl sites for hydroxylation is 2. The number of hydrogen-bond acceptors (Lipinski definition) is 9. The van der Waals surface area contributed by atoms with E-state index in [1.54, 1.807) is 24.0 Å². The number of nitrogens with zero attached hydrogens (tertiary/aromatic N) is 4. The van der Waals surface area contributed by atoms with Crippen LogP contribution < -0.4 is 4.72 Å². The topological polar surface area (TPSA) is 139 Å². The Morgan fingerprint density at radius 2 is 1.94 bits per heavy atom. The van der Waals surface area contributed by atoms with Gasteiger partial charge in [0.2, 0.25) is 27.6 Å². The van der Waals surface area contributed by atoms with E-state index in [0.29, 0.717) is 54.1 Å². The van der Waals surface area contributed by atoms with E-state index in [-0.39, 0.29) is 29.0 Å². The first-order chi connectivity index (χ1) is 15.8. The van der Waals surface area contributed by atoms with Gasteiger partial charge in [-0.2, -0.15) is 4.98 Å². The lowest BCUT2D eigenvalue weighted by Gasteiger charge is -2.34. The lowest BCUT2D eigenvalue weighted by Crippen LogP contribution is -2.52. The predicted molar refractivity (Wildman–Crippen MR) is 118 cm³/mol. The molecule has 2 amide bonds. The van der Waals surface area contributed by atoms with Crippen LogP contribution in [0.2, 0.25) is 0 Å². The summed E-state index contributed by atoms with van der Waals surface area (Å²) in [5.74, 6) is 0.459. The summed E-state index contributed by atoms with van der Waals surface area (Å²) in [6.07, 6.45) is 2.01. The molecule has 33 heavy (non-hydrogen) atoms. The molecule has 4 heterocycles. The van der Waals surface area contributed by atoms with Crippen molar-refractivity contribution in [3.63, 3.8) is 0 Å². The molecule has 1 aliphatic heterocycles. The molecular formula is C20H23N5O6S2. The zero-order chi connectivity index (χ0) is 23.6. The fraction of sp³-hybridized carbons (Fsp3) is 0.400. The van der Waals surface area contributed by atoms with Crippen molar-refractivity contribution in [2.45, 2.75) is 25.2 Å². The van der Waals surface area contributed by atoms with E-state index in [0.717, 1.165) is 0 Å². The van der Waals surface area contributed by atoms with Crippen LogP contribution in [-0.4, -0.2) is 72.9 Å². The number of rotatable bonds is 7. The van der Waals surface area contributed by atoms with E-state index < -0.39 is 10.0 Å². The van der Waals surface area contributed by atoms with Crippen LogP contribution in [0.1, 0.15) is 28.2 Å². The minimum absolute atomic E-state index is 0.0759. The van der Waals surface area contributed by atoms with Crippen LogP contribution in [0, 0.1) is 6.92 Å². The molecule has 0 spiro atoms. The summed E-state index contributed by atoms with van der Waals surface area (Å²) in [7, 11) is -3.91. The molecule has 1 aliphatic rings. The molecule has 0 saturated carbocycles. The maximum Gasteiger partial charge on any atom is 0.289 e. The first-order valence-electron chi connectivity index (χ1n) is 10.3. The molecule has 11 nitrogen and oxygen atoms in total. The number of carbonyl (C=O) groups is 2. The first-order valence-corrected chi connectivity index (χ1v) is 12.6. The lowest BCUT2D eigenvalue weighted by molar-refractivity contribution is -0.131. The molecule has 0 atom stereocenters. The van der Waals surface area contributed by atoms with Crippen molar-refractivity contribution in [1.29, 1.82) is 0 Å². The zero-order valence-corrected chi connectivity index (χ0v) is 19.7. The molecule has 1 fully saturated rings. The van der Waals surface area contributed by atoms with E-state index in [1.165, 1.54) is 28.6 Å². The van der Waals surface area contributed by atoms with Gasteiger partial charge in [0, 0.05) is 37.5 Å². The van der Waals surface area contributed by atoms with Gasteiger partial charge in [-0.15, -0.1) is 11.3 Å². The number of aromatic nitrogens is 2. The van der Waals surface area contributed by atoms with Gasteiger partial charge in [-0.05, 0) is 25.1 Å². The van der Waals surface area contributed by atoms with Crippen molar-refractivity contribution in [3.8, 4) is 10.7 Å². The number of furan rings is 1. The lowest BCUT2D eigenvalue weighted by atomic mass is 10.3. The number of carbonyl (C=O) groups excluding carboxylic acids is 2. The second-order valence-electron chi connectivity index (χ2n) is 7.37. The Labute approximate surface area is 194 Å². The Bertz CT molecular complexity index is 1240. The van der Waals surface area contributed by atoms with E-state index in [2.05, 4.69) is 14.9 Å². The highest BCUT2D eigenvalue weighted by atomic mass is 32.2. The molecule has 4 rings (SSSR count). The fourth-order valence-corrected chi connectivity index (χ4v) is 5.89. The summed E-state index contributed by atoms with van der Waals surface area (Å²) in [6.45, 7) is 4.50. The maximum absolute atomic E-state index is 12.8. The molecule has 0 unspecified atom stereocenters. The molecule has 3 aromatic rings. The predicted octanol–water partition coefficient (Wildman–Crippen LogP) is 1.52. The van der Waals surface area contributed by atoms with Crippen LogP contribution in [0.3, 0.4) is 0 Å². The van der Waals surface area contributed by atoms with Crippen molar-refractivity contribution >= 4 is 33.2 Å². The number of piperazine rings is 1. The second kappa shape index (κ2) is 9.45. The van der Waals surface area contributed by atoms with Crippen LogP contribution in [0.5, 0.6) is 0 Å². The maximum atomic E-state index is 12.8. The van der Waals surface area contributed by atoms with Gasteiger partial charge in [0.15, 0.2) is 5.76 Å². The summed E-state index contributed by atoms with van der Waals surface area (Å²) >= 11 is 1.24. The number of amides is 2. The van der Waals surface area contributed by atoms with Gasteiger partial charge in [-0.25, -0.2) is 13.1 Å². The minimum atomic E-state index is -3.91. The molecule has 0 aromatic carbocycles. The molecular weight excluding hydrogens is 470 g/mol. The first kappa shape index (κ1) is 23.1. The third kappa shape index (κ3) is 4.99. The average Bonchev–Trinajstić information content (AvgIpc) is 3.57. The quantitative estimate of drug-likeness (QED) is 0.523. The Balaban J connectivity index is 1.34. The van der Waals surface area contributed by atoms with Crippen molar-refractivity contribution in [2.75, 3.05) is 32.7 Å². The molecule has 1 N–H and O–H groups in total. The molecule has 13 heteroatoms. The van der Waals surface area contributed by atoms with Crippen molar-refractivity contribution in [3.05, 3.63) is 41.0 Å². The van der Waals surface area contributed by atoms with Crippen LogP contribution in [0.25, 0.3) is 10.7 Å². The average molecular weight is 494 g/mol. The van der Waals surface area contributed by atoms with Gasteiger partial charge in [-0.1, -0.05) is 12.1 Å². The largest absolute Gasteiger partial charge is 0.459 e. The van der Waals surface area contributed by atoms with Gasteiger partial charge in [0.1, 0.15) is 0 Å². The summed E-state index contributed by atoms with van der Waals surface area (Å²) in [5, 5.41) is 3.88. The number of sulfonamides is 1. The molecule has 1 saturated heterocycles. The minimum Gasteiger partial charge on any atom is -0.459 e. The van der Waals surface area contributed by atoms with Crippen LogP contribution >= 0.6 is 11.3 Å². The van der Waals surface area contributed by atoms with E-state index >= 15 is 0 Å². The monoisotopic (exact) mass is 493 g/mol. The zero-order valence-electron chi connectivity index (χ0n) is 18.1. The third-order valence-corrected chi connectivity index (χ3v) is 7.92. The van der Waals surface area contributed by atoms with Gasteiger partial charge in [0.05, 0.1) is 22.6 Å². The number of hydrogen-bond donors (Lipinski definition) is 1. The Morgan fingerprint density at radius 3 is 2.58 bits per heavy atom. The second-order valence-corrected chi connectivity index (χ2v) is 10.4. The Hall–Kier alpha value is -3.03. The van der Waals surface area contributed by atoms with E-state index in [4.69, 9.17) is 8.94 Å². The molecule has 0 radical (unpaired) electrons. The van der Waals surface area contributed by atoms with E-state index in [9.17, 15) is 18.0 Å². The van der Waals surface area contributed by atoms with Crippen molar-refractivity contribution < 1.29 is 26.9 Å². The van der Waals surface area contributed by atoms with Crippen molar-refractivity contribution in [1.82, 2.24) is 24.7 Å². The number of nitrogens with one attached hydrogen (secondary N) is 1. The summed E-state index contributed by atoms with van der Waals surface area (Å²) in [5.41, 5.74) is 0. The molecule has 3 aromatic heterocycles. The molecule has 0 bridgehead atoms. The van der Waals surface area contributed by atoms with Crippen LogP contribution in [0.15, 0.2) is 38.3 Å². The highest BCUT2D eigenvalue weighted by Gasteiger charge is 2.28. The summed E-state index contributed by atoms with van der Waals surface area (Å²) in [6, 6.07) is 4.71. The van der Waals surface area contributed by atoms with Gasteiger partial charge in [0.25, 0.3) is 5.91 Å². The standard InChI is InChI=1S/C20H23N5O6S2/c1-3-17-22-19(23-31-17)15-11-16(13(2)32-15)33(28,29)21-12-18(26)24-6-8-25(9-7-24)20(27)14-5-4-10-30-14/h4-5,10-11,21H,3,6-9,12H2,1-2H3. The summed E-state index contributed by atoms with van der Waals surface area (Å²) in [4.78, 5) is 33.5. The highest BCUT2D eigenvalue weighted by Crippen LogP contribution is 2.32. The van der Waals surface area contributed by atoms with Crippen LogP contribution in [-0.2, 0) is 21.2 Å². The SMILES string of the molecule is CCc1nc(-c2cc(S(=O)(=O)NCC(=O)N3CCN(C(=O)c4ccco4)CC3)c(C)s2)no1. The fourth-order valence-electron chi connectivity index (χ4n) is 3.40.